The summed E-state index contributed by atoms with van der Waals surface area (Å²) < 4.78 is 14.1. The fourth-order valence-electron chi connectivity index (χ4n) is 2.63. The number of benzene rings is 1. The van der Waals surface area contributed by atoms with Gasteiger partial charge in [-0.3, -0.25) is 9.59 Å². The van der Waals surface area contributed by atoms with Crippen LogP contribution in [0.4, 0.5) is 10.1 Å². The molecule has 7 heteroatoms. The Kier molecular flexibility index (Phi) is 4.46. The van der Waals surface area contributed by atoms with Crippen molar-refractivity contribution in [1.82, 2.24) is 4.90 Å². The molecule has 0 fully saturated rings. The molecular weight excluding hydrogens is 331 g/mol. The van der Waals surface area contributed by atoms with Crippen LogP contribution in [0.15, 0.2) is 47.5 Å². The second kappa shape index (κ2) is 6.54. The average Bonchev–Trinajstić information content (AvgIpc) is 3.15. The molecule has 0 radical (unpaired) electrons. The summed E-state index contributed by atoms with van der Waals surface area (Å²) in [5.74, 6) is -1.80. The monoisotopic (exact) mass is 346 g/mol. The van der Waals surface area contributed by atoms with E-state index in [9.17, 15) is 14.0 Å². The van der Waals surface area contributed by atoms with Gasteiger partial charge in [0.15, 0.2) is 0 Å². The van der Waals surface area contributed by atoms with Gasteiger partial charge in [-0.2, -0.15) is 0 Å². The fraction of sp³-hybridized carbons (Fsp3) is 0.176. The van der Waals surface area contributed by atoms with Gasteiger partial charge in [-0.1, -0.05) is 18.2 Å². The molecule has 1 aliphatic heterocycles. The lowest BCUT2D eigenvalue weighted by Gasteiger charge is -2.20. The minimum absolute atomic E-state index is 0.0750. The van der Waals surface area contributed by atoms with Crippen molar-refractivity contribution in [2.45, 2.75) is 0 Å². The van der Waals surface area contributed by atoms with Crippen molar-refractivity contribution >= 4 is 34.4 Å². The Bertz CT molecular complexity index is 817. The quantitative estimate of drug-likeness (QED) is 0.843. The first kappa shape index (κ1) is 16.4. The summed E-state index contributed by atoms with van der Waals surface area (Å²) >= 11 is 1.33. The topological polar surface area (TPSA) is 60.9 Å². The van der Waals surface area contributed by atoms with Crippen LogP contribution in [0.5, 0.6) is 0 Å². The van der Waals surface area contributed by atoms with Gasteiger partial charge >= 0.3 is 0 Å². The highest BCUT2D eigenvalue weighted by atomic mass is 32.1. The normalized spacial score (nSPS) is 14.7. The molecule has 2 aromatic rings. The zero-order chi connectivity index (χ0) is 17.3. The lowest BCUT2D eigenvalue weighted by atomic mass is 10.2. The summed E-state index contributed by atoms with van der Waals surface area (Å²) in [6, 6.07) is 9.18. The third kappa shape index (κ3) is 2.61. The van der Waals surface area contributed by atoms with E-state index in [1.165, 1.54) is 34.4 Å². The lowest BCUT2D eigenvalue weighted by molar-refractivity contribution is -0.120. The van der Waals surface area contributed by atoms with Gasteiger partial charge in [0.1, 0.15) is 11.5 Å². The Morgan fingerprint density at radius 1 is 1.17 bits per heavy atom. The number of carbonyl (C=O) groups excluding carboxylic acids is 2. The molecule has 0 saturated heterocycles. The molecule has 0 aliphatic carbocycles. The van der Waals surface area contributed by atoms with Crippen molar-refractivity contribution in [2.24, 2.45) is 0 Å². The lowest BCUT2D eigenvalue weighted by Crippen LogP contribution is -2.35. The summed E-state index contributed by atoms with van der Waals surface area (Å²) in [4.78, 5) is 28.7. The van der Waals surface area contributed by atoms with Gasteiger partial charge in [0.25, 0.3) is 11.8 Å². The molecule has 1 aromatic heterocycles. The Hall–Kier alpha value is -2.51. The van der Waals surface area contributed by atoms with E-state index in [0.29, 0.717) is 4.88 Å². The zero-order valence-corrected chi connectivity index (χ0v) is 13.7. The van der Waals surface area contributed by atoms with E-state index in [1.807, 2.05) is 0 Å². The van der Waals surface area contributed by atoms with Gasteiger partial charge in [0, 0.05) is 18.5 Å². The number of para-hydroxylation sites is 1. The molecule has 3 rings (SSSR count). The molecule has 0 spiro atoms. The van der Waals surface area contributed by atoms with Crippen LogP contribution in [0.1, 0.15) is 4.88 Å². The Morgan fingerprint density at radius 2 is 1.92 bits per heavy atom. The molecule has 1 aliphatic rings. The van der Waals surface area contributed by atoms with Crippen LogP contribution in [0.25, 0.3) is 5.57 Å². The van der Waals surface area contributed by atoms with Crippen molar-refractivity contribution in [3.8, 4) is 0 Å². The minimum atomic E-state index is -0.643. The number of hydrogen-bond acceptors (Lipinski definition) is 5. The number of imide groups is 1. The highest BCUT2D eigenvalue weighted by Gasteiger charge is 2.42. The predicted octanol–water partition coefficient (Wildman–Crippen LogP) is 2.10. The van der Waals surface area contributed by atoms with Crippen molar-refractivity contribution in [2.75, 3.05) is 25.1 Å². The van der Waals surface area contributed by atoms with Crippen LogP contribution in [0, 0.1) is 5.82 Å². The van der Waals surface area contributed by atoms with Crippen LogP contribution < -0.4 is 4.90 Å². The summed E-state index contributed by atoms with van der Waals surface area (Å²) in [5.41, 5.74) is 0.322. The third-order valence-electron chi connectivity index (χ3n) is 3.74. The summed E-state index contributed by atoms with van der Waals surface area (Å²) in [6.07, 6.45) is 0. The Labute approximate surface area is 142 Å². The number of thiophene rings is 1. The summed E-state index contributed by atoms with van der Waals surface area (Å²) in [6.45, 7) is 0.0211. The number of amides is 2. The first-order chi connectivity index (χ1) is 11.6. The SMILES string of the molecule is CN(CCO)C1=C(c2cccs2)C(=O)N(c2ccccc2F)C1=O. The van der Waals surface area contributed by atoms with Crippen molar-refractivity contribution in [3.05, 3.63) is 58.2 Å². The molecule has 1 N–H and O–H groups in total. The second-order valence-corrected chi connectivity index (χ2v) is 6.19. The second-order valence-electron chi connectivity index (χ2n) is 5.24. The number of halogens is 1. The van der Waals surface area contributed by atoms with E-state index in [-0.39, 0.29) is 30.1 Å². The van der Waals surface area contributed by atoms with Crippen LogP contribution >= 0.6 is 11.3 Å². The smallest absolute Gasteiger partial charge is 0.282 e. The average molecular weight is 346 g/mol. The molecule has 0 bridgehead atoms. The fourth-order valence-corrected chi connectivity index (χ4v) is 3.39. The van der Waals surface area contributed by atoms with Crippen molar-refractivity contribution < 1.29 is 19.1 Å². The number of aliphatic hydroxyl groups excluding tert-OH is 1. The van der Waals surface area contributed by atoms with Gasteiger partial charge < -0.3 is 10.0 Å². The maximum atomic E-state index is 14.1. The predicted molar refractivity (Wildman–Crippen MR) is 89.8 cm³/mol. The number of anilines is 1. The number of nitrogens with zero attached hydrogens (tertiary/aromatic N) is 2. The first-order valence-corrected chi connectivity index (χ1v) is 8.17. The number of hydrogen-bond donors (Lipinski definition) is 1. The molecule has 2 heterocycles. The van der Waals surface area contributed by atoms with Crippen molar-refractivity contribution in [1.29, 1.82) is 0 Å². The summed E-state index contributed by atoms with van der Waals surface area (Å²) in [5, 5.41) is 11.0. The van der Waals surface area contributed by atoms with Crippen LogP contribution in [-0.2, 0) is 9.59 Å². The van der Waals surface area contributed by atoms with Crippen LogP contribution in [0.2, 0.25) is 0 Å². The highest BCUT2D eigenvalue weighted by molar-refractivity contribution is 7.11. The molecule has 0 atom stereocenters. The molecule has 124 valence electrons. The van der Waals surface area contributed by atoms with Gasteiger partial charge in [-0.05, 0) is 23.6 Å². The number of carbonyl (C=O) groups is 2. The van der Waals surface area contributed by atoms with Gasteiger partial charge in [0.2, 0.25) is 0 Å². The van der Waals surface area contributed by atoms with E-state index >= 15 is 0 Å². The van der Waals surface area contributed by atoms with E-state index in [1.54, 1.807) is 30.6 Å². The number of likely N-dealkylation sites (N-methyl/N-ethyl adjacent to an activating group) is 1. The Morgan fingerprint density at radius 3 is 2.54 bits per heavy atom. The van der Waals surface area contributed by atoms with Gasteiger partial charge in [-0.15, -0.1) is 11.3 Å². The molecule has 1 aromatic carbocycles. The molecular formula is C17H15FN2O3S. The molecule has 0 saturated carbocycles. The maximum absolute atomic E-state index is 14.1. The first-order valence-electron chi connectivity index (χ1n) is 7.29. The molecule has 24 heavy (non-hydrogen) atoms. The number of aliphatic hydroxyl groups is 1. The van der Waals surface area contributed by atoms with Gasteiger partial charge in [-0.25, -0.2) is 9.29 Å². The third-order valence-corrected chi connectivity index (χ3v) is 4.62. The standard InChI is InChI=1S/C17H15FN2O3S/c1-19(8-9-21)15-14(13-7-4-10-24-13)16(22)20(17(15)23)12-6-3-2-5-11(12)18/h2-7,10,21H,8-9H2,1H3. The maximum Gasteiger partial charge on any atom is 0.282 e. The van der Waals surface area contributed by atoms with Crippen molar-refractivity contribution in [3.63, 3.8) is 0 Å². The van der Waals surface area contributed by atoms with E-state index in [0.717, 1.165) is 4.90 Å². The largest absolute Gasteiger partial charge is 0.395 e. The summed E-state index contributed by atoms with van der Waals surface area (Å²) in [7, 11) is 1.62. The molecule has 0 unspecified atom stereocenters. The van der Waals surface area contributed by atoms with E-state index in [2.05, 4.69) is 0 Å². The van der Waals surface area contributed by atoms with E-state index in [4.69, 9.17) is 5.11 Å². The van der Waals surface area contributed by atoms with E-state index < -0.39 is 17.6 Å². The zero-order valence-electron chi connectivity index (χ0n) is 12.9. The molecule has 5 nitrogen and oxygen atoms in total. The Balaban J connectivity index is 2.13. The minimum Gasteiger partial charge on any atom is -0.395 e. The molecule has 2 amide bonds. The number of rotatable bonds is 5. The van der Waals surface area contributed by atoms with Crippen LogP contribution in [0.3, 0.4) is 0 Å². The van der Waals surface area contributed by atoms with Crippen LogP contribution in [-0.4, -0.2) is 42.0 Å². The highest BCUT2D eigenvalue weighted by Crippen LogP contribution is 2.36. The van der Waals surface area contributed by atoms with Gasteiger partial charge in [0.05, 0.1) is 17.9 Å².